The number of thiocarbonyl (C=S) groups is 1. The quantitative estimate of drug-likeness (QED) is 0.833. The smallest absolute Gasteiger partial charge is 0.170 e. The maximum absolute atomic E-state index is 5.36. The van der Waals surface area contributed by atoms with Crippen LogP contribution in [0.3, 0.4) is 0 Å². The average Bonchev–Trinajstić information content (AvgIpc) is 2.76. The van der Waals surface area contributed by atoms with Crippen LogP contribution < -0.4 is 10.6 Å². The Morgan fingerprint density at radius 3 is 2.57 bits per heavy atom. The van der Waals surface area contributed by atoms with Crippen LogP contribution in [0, 0.1) is 13.8 Å². The van der Waals surface area contributed by atoms with Crippen molar-refractivity contribution in [1.29, 1.82) is 0 Å². The monoisotopic (exact) mass is 302 g/mol. The van der Waals surface area contributed by atoms with Crippen LogP contribution in [0.25, 0.3) is 0 Å². The van der Waals surface area contributed by atoms with Crippen LogP contribution in [0.15, 0.2) is 30.3 Å². The van der Waals surface area contributed by atoms with Crippen molar-refractivity contribution < 1.29 is 0 Å². The highest BCUT2D eigenvalue weighted by Crippen LogP contribution is 2.18. The molecule has 1 aromatic heterocycles. The molecular formula is C16H22N4S. The van der Waals surface area contributed by atoms with Crippen LogP contribution in [0.1, 0.15) is 23.9 Å². The van der Waals surface area contributed by atoms with Crippen LogP contribution in [0.4, 0.5) is 5.69 Å². The highest BCUT2D eigenvalue weighted by Gasteiger charge is 2.11. The maximum atomic E-state index is 5.36. The highest BCUT2D eigenvalue weighted by atomic mass is 32.1. The molecule has 5 heteroatoms. The number of benzene rings is 1. The number of aromatic nitrogens is 2. The molecule has 2 N–H and O–H groups in total. The van der Waals surface area contributed by atoms with Gasteiger partial charge in [0.2, 0.25) is 0 Å². The van der Waals surface area contributed by atoms with Gasteiger partial charge in [-0.3, -0.25) is 4.68 Å². The van der Waals surface area contributed by atoms with E-state index in [1.165, 1.54) is 5.56 Å². The standard InChI is InChI=1S/C16H22N4S/c1-4-20-13(3)15(12(2)19-20)18-16(21)17-11-10-14-8-6-5-7-9-14/h5-9H,4,10-11H2,1-3H3,(H2,17,18,21). The van der Waals surface area contributed by atoms with Gasteiger partial charge < -0.3 is 10.6 Å². The fraction of sp³-hybridized carbons (Fsp3) is 0.375. The molecule has 2 rings (SSSR count). The van der Waals surface area contributed by atoms with E-state index < -0.39 is 0 Å². The Kier molecular flexibility index (Phi) is 5.33. The Morgan fingerprint density at radius 2 is 1.95 bits per heavy atom. The van der Waals surface area contributed by atoms with E-state index >= 15 is 0 Å². The minimum absolute atomic E-state index is 0.646. The summed E-state index contributed by atoms with van der Waals surface area (Å²) in [6.45, 7) is 7.81. The summed E-state index contributed by atoms with van der Waals surface area (Å²) in [6, 6.07) is 10.4. The molecule has 0 amide bonds. The van der Waals surface area contributed by atoms with E-state index in [0.29, 0.717) is 5.11 Å². The molecule has 1 heterocycles. The van der Waals surface area contributed by atoms with Crippen molar-refractivity contribution in [2.75, 3.05) is 11.9 Å². The van der Waals surface area contributed by atoms with E-state index in [-0.39, 0.29) is 0 Å². The molecule has 0 aliphatic heterocycles. The summed E-state index contributed by atoms with van der Waals surface area (Å²) in [5.74, 6) is 0. The van der Waals surface area contributed by atoms with E-state index in [4.69, 9.17) is 12.2 Å². The minimum atomic E-state index is 0.646. The molecule has 0 aliphatic carbocycles. The lowest BCUT2D eigenvalue weighted by Crippen LogP contribution is -2.30. The molecule has 0 aliphatic rings. The van der Waals surface area contributed by atoms with Crippen LogP contribution in [-0.2, 0) is 13.0 Å². The molecule has 0 bridgehead atoms. The summed E-state index contributed by atoms with van der Waals surface area (Å²) in [5, 5.41) is 11.6. The van der Waals surface area contributed by atoms with Gasteiger partial charge in [0, 0.05) is 13.1 Å². The second-order valence-electron chi connectivity index (χ2n) is 4.98. The first kappa shape index (κ1) is 15.5. The molecule has 0 atom stereocenters. The summed E-state index contributed by atoms with van der Waals surface area (Å²) in [5.41, 5.74) is 4.40. The van der Waals surface area contributed by atoms with Gasteiger partial charge in [-0.05, 0) is 45.0 Å². The van der Waals surface area contributed by atoms with Gasteiger partial charge >= 0.3 is 0 Å². The molecule has 0 fully saturated rings. The second kappa shape index (κ2) is 7.22. The maximum Gasteiger partial charge on any atom is 0.170 e. The third kappa shape index (κ3) is 4.04. The van der Waals surface area contributed by atoms with Crippen molar-refractivity contribution in [1.82, 2.24) is 15.1 Å². The van der Waals surface area contributed by atoms with Gasteiger partial charge in [-0.2, -0.15) is 5.10 Å². The van der Waals surface area contributed by atoms with Crippen molar-refractivity contribution in [3.05, 3.63) is 47.3 Å². The Labute approximate surface area is 131 Å². The number of anilines is 1. The van der Waals surface area contributed by atoms with Crippen molar-refractivity contribution in [2.24, 2.45) is 0 Å². The fourth-order valence-electron chi connectivity index (χ4n) is 2.31. The molecule has 0 unspecified atom stereocenters. The lowest BCUT2D eigenvalue weighted by molar-refractivity contribution is 0.634. The van der Waals surface area contributed by atoms with E-state index in [1.54, 1.807) is 0 Å². The Morgan fingerprint density at radius 1 is 1.24 bits per heavy atom. The summed E-state index contributed by atoms with van der Waals surface area (Å²) in [6.07, 6.45) is 0.953. The first-order valence-corrected chi connectivity index (χ1v) is 7.65. The van der Waals surface area contributed by atoms with E-state index in [9.17, 15) is 0 Å². The van der Waals surface area contributed by atoms with Crippen LogP contribution in [0.2, 0.25) is 0 Å². The van der Waals surface area contributed by atoms with Gasteiger partial charge in [-0.15, -0.1) is 0 Å². The summed E-state index contributed by atoms with van der Waals surface area (Å²) >= 11 is 5.36. The number of rotatable bonds is 5. The van der Waals surface area contributed by atoms with Gasteiger partial charge in [0.15, 0.2) is 5.11 Å². The molecular weight excluding hydrogens is 280 g/mol. The minimum Gasteiger partial charge on any atom is -0.362 e. The number of nitrogens with zero attached hydrogens (tertiary/aromatic N) is 2. The molecule has 0 saturated carbocycles. The van der Waals surface area contributed by atoms with Gasteiger partial charge in [0.25, 0.3) is 0 Å². The van der Waals surface area contributed by atoms with E-state index in [1.807, 2.05) is 17.7 Å². The first-order chi connectivity index (χ1) is 10.1. The van der Waals surface area contributed by atoms with Gasteiger partial charge in [0.1, 0.15) is 0 Å². The fourth-order valence-corrected chi connectivity index (χ4v) is 2.51. The van der Waals surface area contributed by atoms with Gasteiger partial charge in [0.05, 0.1) is 17.1 Å². The number of aryl methyl sites for hydroxylation is 2. The zero-order valence-corrected chi connectivity index (χ0v) is 13.6. The van der Waals surface area contributed by atoms with Crippen molar-refractivity contribution in [3.63, 3.8) is 0 Å². The Hall–Kier alpha value is -1.88. The molecule has 1 aromatic carbocycles. The van der Waals surface area contributed by atoms with Crippen LogP contribution >= 0.6 is 12.2 Å². The first-order valence-electron chi connectivity index (χ1n) is 7.24. The molecule has 4 nitrogen and oxygen atoms in total. The van der Waals surface area contributed by atoms with Crippen LogP contribution in [0.5, 0.6) is 0 Å². The zero-order chi connectivity index (χ0) is 15.2. The van der Waals surface area contributed by atoms with E-state index in [2.05, 4.69) is 53.8 Å². The largest absolute Gasteiger partial charge is 0.362 e. The third-order valence-corrected chi connectivity index (χ3v) is 3.71. The third-order valence-electron chi connectivity index (χ3n) is 3.46. The van der Waals surface area contributed by atoms with Crippen molar-refractivity contribution in [2.45, 2.75) is 33.7 Å². The second-order valence-corrected chi connectivity index (χ2v) is 5.39. The normalized spacial score (nSPS) is 10.4. The summed E-state index contributed by atoms with van der Waals surface area (Å²) < 4.78 is 1.98. The number of hydrogen-bond donors (Lipinski definition) is 2. The van der Waals surface area contributed by atoms with Gasteiger partial charge in [-0.25, -0.2) is 0 Å². The summed E-state index contributed by atoms with van der Waals surface area (Å²) in [7, 11) is 0. The Balaban J connectivity index is 1.86. The predicted octanol–water partition coefficient (Wildman–Crippen LogP) is 3.05. The highest BCUT2D eigenvalue weighted by molar-refractivity contribution is 7.80. The molecule has 0 spiro atoms. The van der Waals surface area contributed by atoms with Crippen molar-refractivity contribution in [3.8, 4) is 0 Å². The van der Waals surface area contributed by atoms with Crippen molar-refractivity contribution >= 4 is 23.0 Å². The Bertz CT molecular complexity index is 604. The molecule has 0 saturated heterocycles. The molecule has 2 aromatic rings. The van der Waals surface area contributed by atoms with E-state index in [0.717, 1.165) is 36.6 Å². The molecule has 0 radical (unpaired) electrons. The average molecular weight is 302 g/mol. The SMILES string of the molecule is CCn1nc(C)c(NC(=S)NCCc2ccccc2)c1C. The zero-order valence-electron chi connectivity index (χ0n) is 12.8. The van der Waals surface area contributed by atoms with Crippen LogP contribution in [-0.4, -0.2) is 21.4 Å². The molecule has 112 valence electrons. The lowest BCUT2D eigenvalue weighted by Gasteiger charge is -2.11. The topological polar surface area (TPSA) is 41.9 Å². The predicted molar refractivity (Wildman–Crippen MR) is 91.7 cm³/mol. The van der Waals surface area contributed by atoms with Gasteiger partial charge in [-0.1, -0.05) is 30.3 Å². The number of hydrogen-bond acceptors (Lipinski definition) is 2. The summed E-state index contributed by atoms with van der Waals surface area (Å²) in [4.78, 5) is 0. The lowest BCUT2D eigenvalue weighted by atomic mass is 10.1. The molecule has 21 heavy (non-hydrogen) atoms. The number of nitrogens with one attached hydrogen (secondary N) is 2.